The zero-order valence-electron chi connectivity index (χ0n) is 29.1. The maximum absolute atomic E-state index is 6.78. The molecule has 3 aliphatic rings. The monoisotopic (exact) mass is 640 g/mol. The van der Waals surface area contributed by atoms with Gasteiger partial charge >= 0.3 is 0 Å². The summed E-state index contributed by atoms with van der Waals surface area (Å²) in [5, 5.41) is 0.208. The minimum atomic E-state index is -1.79. The SMILES string of the molecule is CC(C)(C)[Si](C)(C)OCCOC[C@H]1C[C@]2(C)C(OCc3ccccc3)CC[C@H]2[C@@H]2CCc3cc(OCc4ccccc4)ccc3[C@@H]12. The van der Waals surface area contributed by atoms with Crippen molar-refractivity contribution in [1.29, 1.82) is 0 Å². The summed E-state index contributed by atoms with van der Waals surface area (Å²) in [6.45, 7) is 17.5. The van der Waals surface area contributed by atoms with E-state index in [1.165, 1.54) is 35.1 Å². The van der Waals surface area contributed by atoms with Crippen molar-refractivity contribution in [3.8, 4) is 5.75 Å². The Hall–Kier alpha value is -2.44. The van der Waals surface area contributed by atoms with Crippen LogP contribution >= 0.6 is 0 Å². The van der Waals surface area contributed by atoms with Gasteiger partial charge in [-0.05, 0) is 114 Å². The van der Waals surface area contributed by atoms with Crippen molar-refractivity contribution in [2.24, 2.45) is 23.2 Å². The van der Waals surface area contributed by atoms with Gasteiger partial charge in [0.1, 0.15) is 12.4 Å². The molecule has 46 heavy (non-hydrogen) atoms. The van der Waals surface area contributed by atoms with Crippen LogP contribution < -0.4 is 4.74 Å². The molecule has 6 atom stereocenters. The first kappa shape index (κ1) is 33.5. The second-order valence-corrected chi connectivity index (χ2v) is 20.8. The van der Waals surface area contributed by atoms with E-state index in [1.807, 2.05) is 0 Å². The fraction of sp³-hybridized carbons (Fsp3) is 0.561. The molecule has 0 amide bonds. The zero-order valence-corrected chi connectivity index (χ0v) is 30.1. The molecular formula is C41H56O4Si. The Kier molecular flexibility index (Phi) is 10.2. The summed E-state index contributed by atoms with van der Waals surface area (Å²) >= 11 is 0. The van der Waals surface area contributed by atoms with Crippen molar-refractivity contribution in [2.45, 2.75) is 103 Å². The van der Waals surface area contributed by atoms with Crippen molar-refractivity contribution in [2.75, 3.05) is 19.8 Å². The first-order chi connectivity index (χ1) is 22.0. The van der Waals surface area contributed by atoms with E-state index in [4.69, 9.17) is 18.6 Å². The lowest BCUT2D eigenvalue weighted by Gasteiger charge is -2.54. The maximum Gasteiger partial charge on any atom is 0.192 e. The van der Waals surface area contributed by atoms with Crippen molar-refractivity contribution in [3.05, 3.63) is 101 Å². The van der Waals surface area contributed by atoms with Gasteiger partial charge < -0.3 is 18.6 Å². The van der Waals surface area contributed by atoms with Crippen LogP contribution in [0.25, 0.3) is 0 Å². The van der Waals surface area contributed by atoms with Crippen molar-refractivity contribution in [1.82, 2.24) is 0 Å². The van der Waals surface area contributed by atoms with Crippen LogP contribution in [-0.2, 0) is 33.5 Å². The third kappa shape index (κ3) is 7.18. The van der Waals surface area contributed by atoms with Crippen LogP contribution in [0.5, 0.6) is 5.75 Å². The Morgan fingerprint density at radius 3 is 2.22 bits per heavy atom. The number of fused-ring (bicyclic) bond motifs is 5. The molecule has 0 radical (unpaired) electrons. The molecule has 0 N–H and O–H groups in total. The van der Waals surface area contributed by atoms with E-state index in [2.05, 4.69) is 120 Å². The molecule has 0 saturated heterocycles. The zero-order chi connectivity index (χ0) is 32.4. The summed E-state index contributed by atoms with van der Waals surface area (Å²) in [6.07, 6.45) is 6.21. The lowest BCUT2D eigenvalue weighted by atomic mass is 9.52. The lowest BCUT2D eigenvalue weighted by molar-refractivity contribution is -0.0980. The third-order valence-corrected chi connectivity index (χ3v) is 16.6. The van der Waals surface area contributed by atoms with Crippen LogP contribution in [0.4, 0.5) is 0 Å². The molecule has 1 unspecified atom stereocenters. The predicted octanol–water partition coefficient (Wildman–Crippen LogP) is 9.97. The van der Waals surface area contributed by atoms with Gasteiger partial charge in [0.05, 0.1) is 32.5 Å². The van der Waals surface area contributed by atoms with Gasteiger partial charge in [-0.1, -0.05) is 94.4 Å². The Balaban J connectivity index is 1.19. The number of ether oxygens (including phenoxy) is 3. The second-order valence-electron chi connectivity index (χ2n) is 16.0. The first-order valence-electron chi connectivity index (χ1n) is 17.7. The van der Waals surface area contributed by atoms with Crippen molar-refractivity contribution < 1.29 is 18.6 Å². The molecular weight excluding hydrogens is 585 g/mol. The Labute approximate surface area is 279 Å². The largest absolute Gasteiger partial charge is 0.489 e. The van der Waals surface area contributed by atoms with E-state index in [-0.39, 0.29) is 10.5 Å². The summed E-state index contributed by atoms with van der Waals surface area (Å²) in [7, 11) is -1.79. The second kappa shape index (κ2) is 14.0. The Morgan fingerprint density at radius 2 is 1.52 bits per heavy atom. The number of benzene rings is 3. The number of rotatable bonds is 12. The highest BCUT2D eigenvalue weighted by molar-refractivity contribution is 6.74. The van der Waals surface area contributed by atoms with Gasteiger partial charge in [0.15, 0.2) is 8.32 Å². The molecule has 0 aliphatic heterocycles. The average Bonchev–Trinajstić information content (AvgIpc) is 3.38. The van der Waals surface area contributed by atoms with Crippen LogP contribution in [0.1, 0.15) is 81.5 Å². The van der Waals surface area contributed by atoms with E-state index in [0.29, 0.717) is 56.2 Å². The standard InChI is InChI=1S/C41H56O4Si/c1-40(2,3)46(5,6)45-24-23-42-29-33-26-41(4)37(21-22-38(41)44-28-31-15-11-8-12-16-31)36-19-17-32-25-34(18-20-35(32)39(33)36)43-27-30-13-9-7-10-14-30/h7-16,18,20,25,33,36-39H,17,19,21-24,26-29H2,1-6H3/t33-,36+,37+,38?,39-,41+/m1/s1. The smallest absolute Gasteiger partial charge is 0.192 e. The summed E-state index contributed by atoms with van der Waals surface area (Å²) in [5.74, 6) is 3.28. The average molecular weight is 641 g/mol. The highest BCUT2D eigenvalue weighted by Crippen LogP contribution is 2.63. The molecule has 3 aromatic rings. The quantitative estimate of drug-likeness (QED) is 0.146. The molecule has 248 valence electrons. The highest BCUT2D eigenvalue weighted by Gasteiger charge is 2.58. The minimum absolute atomic E-state index is 0.165. The van der Waals surface area contributed by atoms with Crippen LogP contribution in [0.2, 0.25) is 18.1 Å². The van der Waals surface area contributed by atoms with Crippen LogP contribution in [0, 0.1) is 23.2 Å². The topological polar surface area (TPSA) is 36.9 Å². The summed E-state index contributed by atoms with van der Waals surface area (Å²) < 4.78 is 26.1. The molecule has 3 aromatic carbocycles. The predicted molar refractivity (Wildman–Crippen MR) is 190 cm³/mol. The van der Waals surface area contributed by atoms with E-state index >= 15 is 0 Å². The van der Waals surface area contributed by atoms with Crippen molar-refractivity contribution >= 4 is 8.32 Å². The molecule has 2 saturated carbocycles. The molecule has 5 heteroatoms. The van der Waals surface area contributed by atoms with Gasteiger partial charge in [0.2, 0.25) is 0 Å². The van der Waals surface area contributed by atoms with Crippen LogP contribution in [0.3, 0.4) is 0 Å². The molecule has 2 fully saturated rings. The molecule has 0 spiro atoms. The van der Waals surface area contributed by atoms with E-state index in [1.54, 1.807) is 0 Å². The van der Waals surface area contributed by atoms with Gasteiger partial charge in [-0.2, -0.15) is 0 Å². The van der Waals surface area contributed by atoms with Gasteiger partial charge in [0.25, 0.3) is 0 Å². The molecule has 0 aromatic heterocycles. The highest BCUT2D eigenvalue weighted by atomic mass is 28.4. The Morgan fingerprint density at radius 1 is 0.826 bits per heavy atom. The molecule has 0 heterocycles. The number of hydrogen-bond donors (Lipinski definition) is 0. The summed E-state index contributed by atoms with van der Waals surface area (Å²) in [6, 6.07) is 28.1. The maximum atomic E-state index is 6.78. The molecule has 6 rings (SSSR count). The van der Waals surface area contributed by atoms with Crippen LogP contribution in [0.15, 0.2) is 78.9 Å². The summed E-state index contributed by atoms with van der Waals surface area (Å²) in [5.41, 5.74) is 5.63. The lowest BCUT2D eigenvalue weighted by Crippen LogP contribution is -2.49. The summed E-state index contributed by atoms with van der Waals surface area (Å²) in [4.78, 5) is 0. The number of aryl methyl sites for hydroxylation is 1. The molecule has 0 bridgehead atoms. The van der Waals surface area contributed by atoms with Gasteiger partial charge in [0, 0.05) is 0 Å². The fourth-order valence-corrected chi connectivity index (χ4v) is 9.69. The normalized spacial score (nSPS) is 27.5. The molecule has 4 nitrogen and oxygen atoms in total. The fourth-order valence-electron chi connectivity index (χ4n) is 8.66. The van der Waals surface area contributed by atoms with E-state index < -0.39 is 8.32 Å². The third-order valence-electron chi connectivity index (χ3n) is 12.1. The van der Waals surface area contributed by atoms with E-state index in [9.17, 15) is 0 Å². The van der Waals surface area contributed by atoms with Crippen LogP contribution in [-0.4, -0.2) is 34.2 Å². The Bertz CT molecular complexity index is 1420. The minimum Gasteiger partial charge on any atom is -0.489 e. The first-order valence-corrected chi connectivity index (χ1v) is 20.6. The number of hydrogen-bond acceptors (Lipinski definition) is 4. The molecule has 3 aliphatic carbocycles. The van der Waals surface area contributed by atoms with Gasteiger partial charge in [-0.3, -0.25) is 0 Å². The van der Waals surface area contributed by atoms with Gasteiger partial charge in [-0.15, -0.1) is 0 Å². The van der Waals surface area contributed by atoms with E-state index in [0.717, 1.165) is 31.6 Å². The van der Waals surface area contributed by atoms with Crippen molar-refractivity contribution in [3.63, 3.8) is 0 Å². The van der Waals surface area contributed by atoms with Gasteiger partial charge in [-0.25, -0.2) is 0 Å².